The highest BCUT2D eigenvalue weighted by Crippen LogP contribution is 2.12. The molecule has 1 aromatic rings. The average Bonchev–Trinajstić information content (AvgIpc) is 2.71. The van der Waals surface area contributed by atoms with Crippen LogP contribution in [0.2, 0.25) is 0 Å². The predicted molar refractivity (Wildman–Crippen MR) is 46.4 cm³/mol. The second kappa shape index (κ2) is 3.86. The van der Waals surface area contributed by atoms with Gasteiger partial charge in [-0.05, 0) is 24.3 Å². The quantitative estimate of drug-likeness (QED) is 0.670. The second-order valence-corrected chi connectivity index (χ2v) is 2.94. The van der Waals surface area contributed by atoms with Crippen molar-refractivity contribution in [2.75, 3.05) is 13.2 Å². The number of rotatable bonds is 2. The van der Waals surface area contributed by atoms with Crippen LogP contribution in [0.5, 0.6) is 0 Å². The highest BCUT2D eigenvalue weighted by Gasteiger charge is 2.25. The van der Waals surface area contributed by atoms with Gasteiger partial charge in [0.15, 0.2) is 0 Å². The zero-order chi connectivity index (χ0) is 9.97. The maximum atomic E-state index is 12.6. The van der Waals surface area contributed by atoms with Gasteiger partial charge in [0.25, 0.3) is 0 Å². The van der Waals surface area contributed by atoms with Crippen LogP contribution in [0.25, 0.3) is 0 Å². The number of ether oxygens (including phenoxy) is 2. The lowest BCUT2D eigenvalue weighted by Gasteiger charge is -2.06. The van der Waals surface area contributed by atoms with E-state index in [0.29, 0.717) is 18.8 Å². The Labute approximate surface area is 80.4 Å². The van der Waals surface area contributed by atoms with Gasteiger partial charge in [0, 0.05) is 5.56 Å². The molecule has 74 valence electrons. The van der Waals surface area contributed by atoms with Crippen molar-refractivity contribution in [3.63, 3.8) is 0 Å². The maximum absolute atomic E-state index is 12.6. The van der Waals surface area contributed by atoms with Crippen LogP contribution in [0.1, 0.15) is 10.4 Å². The van der Waals surface area contributed by atoms with Crippen molar-refractivity contribution in [1.82, 2.24) is 0 Å². The standard InChI is InChI=1S/C10H9FO3/c11-8-3-1-7(2-4-8)9(12)10-13-5-6-14-10/h1-4,10H,5-6H2. The Morgan fingerprint density at radius 2 is 1.79 bits per heavy atom. The molecule has 1 aliphatic heterocycles. The minimum atomic E-state index is -0.819. The van der Waals surface area contributed by atoms with Gasteiger partial charge < -0.3 is 9.47 Å². The molecule has 0 spiro atoms. The van der Waals surface area contributed by atoms with Crippen molar-refractivity contribution in [2.45, 2.75) is 6.29 Å². The van der Waals surface area contributed by atoms with E-state index >= 15 is 0 Å². The number of carbonyl (C=O) groups excluding carboxylic acids is 1. The lowest BCUT2D eigenvalue weighted by atomic mass is 10.1. The second-order valence-electron chi connectivity index (χ2n) is 2.94. The Balaban J connectivity index is 2.14. The molecular weight excluding hydrogens is 187 g/mol. The first kappa shape index (κ1) is 9.30. The van der Waals surface area contributed by atoms with Gasteiger partial charge in [-0.15, -0.1) is 0 Å². The molecule has 0 unspecified atom stereocenters. The van der Waals surface area contributed by atoms with Crippen LogP contribution in [0.3, 0.4) is 0 Å². The Morgan fingerprint density at radius 1 is 1.21 bits per heavy atom. The highest BCUT2D eigenvalue weighted by atomic mass is 19.1. The first-order valence-corrected chi connectivity index (χ1v) is 4.30. The summed E-state index contributed by atoms with van der Waals surface area (Å²) in [7, 11) is 0. The van der Waals surface area contributed by atoms with Crippen molar-refractivity contribution in [2.24, 2.45) is 0 Å². The van der Waals surface area contributed by atoms with E-state index in [1.807, 2.05) is 0 Å². The van der Waals surface area contributed by atoms with Gasteiger partial charge in [0.2, 0.25) is 12.1 Å². The monoisotopic (exact) mass is 196 g/mol. The molecule has 0 atom stereocenters. The van der Waals surface area contributed by atoms with Crippen molar-refractivity contribution >= 4 is 5.78 Å². The molecule has 0 aliphatic carbocycles. The van der Waals surface area contributed by atoms with Crippen LogP contribution < -0.4 is 0 Å². The molecule has 1 aromatic carbocycles. The summed E-state index contributed by atoms with van der Waals surface area (Å²) in [6, 6.07) is 5.32. The normalized spacial score (nSPS) is 17.2. The molecule has 1 saturated heterocycles. The summed E-state index contributed by atoms with van der Waals surface area (Å²) in [5, 5.41) is 0. The van der Waals surface area contributed by atoms with Gasteiger partial charge in [-0.3, -0.25) is 4.79 Å². The summed E-state index contributed by atoms with van der Waals surface area (Å²) in [5.74, 6) is -0.627. The van der Waals surface area contributed by atoms with E-state index in [-0.39, 0.29) is 11.6 Å². The van der Waals surface area contributed by atoms with Gasteiger partial charge in [-0.1, -0.05) is 0 Å². The minimum absolute atomic E-state index is 0.262. The number of halogens is 1. The van der Waals surface area contributed by atoms with E-state index < -0.39 is 6.29 Å². The predicted octanol–water partition coefficient (Wildman–Crippen LogP) is 1.38. The summed E-state index contributed by atoms with van der Waals surface area (Å²) in [5.41, 5.74) is 0.401. The maximum Gasteiger partial charge on any atom is 0.222 e. The van der Waals surface area contributed by atoms with Crippen LogP contribution in [0.15, 0.2) is 24.3 Å². The average molecular weight is 196 g/mol. The number of carbonyl (C=O) groups is 1. The number of benzene rings is 1. The Hall–Kier alpha value is -1.26. The lowest BCUT2D eigenvalue weighted by molar-refractivity contribution is -0.0214. The van der Waals surface area contributed by atoms with Crippen LogP contribution in [0.4, 0.5) is 4.39 Å². The number of hydrogen-bond acceptors (Lipinski definition) is 3. The molecule has 0 bridgehead atoms. The van der Waals surface area contributed by atoms with Crippen molar-refractivity contribution in [3.05, 3.63) is 35.6 Å². The first-order valence-electron chi connectivity index (χ1n) is 4.30. The van der Waals surface area contributed by atoms with Crippen LogP contribution >= 0.6 is 0 Å². The molecular formula is C10H9FO3. The molecule has 0 aromatic heterocycles. The molecule has 0 saturated carbocycles. The van der Waals surface area contributed by atoms with E-state index in [9.17, 15) is 9.18 Å². The molecule has 0 radical (unpaired) electrons. The summed E-state index contributed by atoms with van der Waals surface area (Å²) in [6.45, 7) is 0.856. The van der Waals surface area contributed by atoms with E-state index in [1.54, 1.807) is 0 Å². The van der Waals surface area contributed by atoms with Gasteiger partial charge in [0.05, 0.1) is 13.2 Å². The fourth-order valence-corrected chi connectivity index (χ4v) is 1.26. The molecule has 1 fully saturated rings. The Kier molecular flexibility index (Phi) is 2.56. The Morgan fingerprint density at radius 3 is 2.36 bits per heavy atom. The fourth-order valence-electron chi connectivity index (χ4n) is 1.26. The number of hydrogen-bond donors (Lipinski definition) is 0. The van der Waals surface area contributed by atoms with Crippen molar-refractivity contribution in [3.8, 4) is 0 Å². The van der Waals surface area contributed by atoms with Crippen molar-refractivity contribution in [1.29, 1.82) is 0 Å². The third kappa shape index (κ3) is 1.81. The van der Waals surface area contributed by atoms with Gasteiger partial charge in [-0.2, -0.15) is 0 Å². The van der Waals surface area contributed by atoms with E-state index in [4.69, 9.17) is 9.47 Å². The summed E-state index contributed by atoms with van der Waals surface area (Å²) in [4.78, 5) is 11.6. The molecule has 2 rings (SSSR count). The Bertz CT molecular complexity index is 328. The SMILES string of the molecule is O=C(c1ccc(F)cc1)C1OCCO1. The van der Waals surface area contributed by atoms with Crippen LogP contribution in [0, 0.1) is 5.82 Å². The highest BCUT2D eigenvalue weighted by molar-refractivity contribution is 5.98. The van der Waals surface area contributed by atoms with Crippen LogP contribution in [-0.4, -0.2) is 25.3 Å². The van der Waals surface area contributed by atoms with E-state index in [1.165, 1.54) is 24.3 Å². The molecule has 0 amide bonds. The van der Waals surface area contributed by atoms with E-state index in [2.05, 4.69) is 0 Å². The number of Topliss-reactive ketones (excluding diaryl/α,β-unsaturated/α-hetero) is 1. The zero-order valence-corrected chi connectivity index (χ0v) is 7.40. The molecule has 14 heavy (non-hydrogen) atoms. The van der Waals surface area contributed by atoms with Gasteiger partial charge in [0.1, 0.15) is 5.82 Å². The molecule has 0 N–H and O–H groups in total. The van der Waals surface area contributed by atoms with Gasteiger partial charge >= 0.3 is 0 Å². The molecule has 4 heteroatoms. The molecule has 1 aliphatic rings. The zero-order valence-electron chi connectivity index (χ0n) is 7.40. The summed E-state index contributed by atoms with van der Waals surface area (Å²) < 4.78 is 22.6. The molecule has 3 nitrogen and oxygen atoms in total. The first-order chi connectivity index (χ1) is 6.77. The lowest BCUT2D eigenvalue weighted by Crippen LogP contribution is -2.21. The minimum Gasteiger partial charge on any atom is -0.343 e. The van der Waals surface area contributed by atoms with E-state index in [0.717, 1.165) is 0 Å². The smallest absolute Gasteiger partial charge is 0.222 e. The van der Waals surface area contributed by atoms with Crippen LogP contribution in [-0.2, 0) is 9.47 Å². The largest absolute Gasteiger partial charge is 0.343 e. The molecule has 1 heterocycles. The van der Waals surface area contributed by atoms with Gasteiger partial charge in [-0.25, -0.2) is 4.39 Å². The third-order valence-corrected chi connectivity index (χ3v) is 1.96. The number of ketones is 1. The summed E-state index contributed by atoms with van der Waals surface area (Å²) in [6.07, 6.45) is -0.819. The fraction of sp³-hybridized carbons (Fsp3) is 0.300. The third-order valence-electron chi connectivity index (χ3n) is 1.96. The topological polar surface area (TPSA) is 35.5 Å². The summed E-state index contributed by atoms with van der Waals surface area (Å²) >= 11 is 0. The van der Waals surface area contributed by atoms with Crippen molar-refractivity contribution < 1.29 is 18.7 Å².